The Hall–Kier alpha value is -2.67. The van der Waals surface area contributed by atoms with Crippen molar-refractivity contribution in [2.45, 2.75) is 37.8 Å². The van der Waals surface area contributed by atoms with E-state index in [0.29, 0.717) is 21.6 Å². The van der Waals surface area contributed by atoms with E-state index < -0.39 is 15.9 Å². The summed E-state index contributed by atoms with van der Waals surface area (Å²) in [6.07, 6.45) is 6.03. The van der Waals surface area contributed by atoms with Gasteiger partial charge in [0, 0.05) is 11.4 Å². The number of amides is 1. The number of hydrogen-bond donors (Lipinski definition) is 2. The number of sulfonamides is 1. The highest BCUT2D eigenvalue weighted by molar-refractivity contribution is 7.89. The lowest BCUT2D eigenvalue weighted by atomic mass is 10.1. The summed E-state index contributed by atoms with van der Waals surface area (Å²) in [5.74, 6) is -0.479. The molecule has 32 heavy (non-hydrogen) atoms. The van der Waals surface area contributed by atoms with Gasteiger partial charge in [-0.2, -0.15) is 0 Å². The molecule has 12 heteroatoms. The summed E-state index contributed by atoms with van der Waals surface area (Å²) in [5.41, 5.74) is 0.316. The van der Waals surface area contributed by atoms with Crippen LogP contribution in [0.5, 0.6) is 0 Å². The number of aryl methyl sites for hydroxylation is 2. The second-order valence-corrected chi connectivity index (χ2v) is 10.5. The van der Waals surface area contributed by atoms with Crippen molar-refractivity contribution >= 4 is 43.2 Å². The summed E-state index contributed by atoms with van der Waals surface area (Å²) in [6.45, 7) is 5.44. The number of anilines is 1. The SMILES string of the molecule is Cc1sc2ncn(CCCN3CCCC3)c(=O)c2c1C(=O)Nc1ccc(S(N)(=O)=O)nc1. The second kappa shape index (κ2) is 9.06. The molecular formula is C20H24N6O4S2. The summed E-state index contributed by atoms with van der Waals surface area (Å²) in [4.78, 5) is 37.9. The normalized spacial score (nSPS) is 14.8. The van der Waals surface area contributed by atoms with E-state index in [4.69, 9.17) is 5.14 Å². The average Bonchev–Trinajstić information content (AvgIpc) is 3.37. The van der Waals surface area contributed by atoms with Crippen molar-refractivity contribution < 1.29 is 13.2 Å². The highest BCUT2D eigenvalue weighted by Gasteiger charge is 2.22. The minimum absolute atomic E-state index is 0.242. The molecule has 4 heterocycles. The molecule has 0 atom stereocenters. The number of rotatable bonds is 7. The van der Waals surface area contributed by atoms with Gasteiger partial charge in [-0.3, -0.25) is 14.2 Å². The van der Waals surface area contributed by atoms with E-state index in [1.165, 1.54) is 42.5 Å². The molecule has 3 aromatic heterocycles. The van der Waals surface area contributed by atoms with Gasteiger partial charge in [0.2, 0.25) is 0 Å². The number of nitrogens with one attached hydrogen (secondary N) is 1. The fraction of sp³-hybridized carbons (Fsp3) is 0.400. The summed E-state index contributed by atoms with van der Waals surface area (Å²) in [7, 11) is -3.93. The Kier molecular flexibility index (Phi) is 6.38. The first-order valence-corrected chi connectivity index (χ1v) is 12.6. The molecule has 170 valence electrons. The second-order valence-electron chi connectivity index (χ2n) is 7.74. The van der Waals surface area contributed by atoms with Crippen LogP contribution in [0.3, 0.4) is 0 Å². The van der Waals surface area contributed by atoms with Crippen LogP contribution in [0, 0.1) is 6.92 Å². The van der Waals surface area contributed by atoms with E-state index in [1.807, 2.05) is 0 Å². The van der Waals surface area contributed by atoms with Gasteiger partial charge >= 0.3 is 0 Å². The van der Waals surface area contributed by atoms with Gasteiger partial charge in [0.05, 0.1) is 29.2 Å². The van der Waals surface area contributed by atoms with E-state index in [0.717, 1.165) is 26.1 Å². The van der Waals surface area contributed by atoms with Crippen LogP contribution in [0.25, 0.3) is 10.2 Å². The van der Waals surface area contributed by atoms with Crippen LogP contribution in [0.2, 0.25) is 0 Å². The molecule has 0 bridgehead atoms. The molecule has 10 nitrogen and oxygen atoms in total. The number of aromatic nitrogens is 3. The molecule has 3 N–H and O–H groups in total. The van der Waals surface area contributed by atoms with Crippen LogP contribution in [-0.4, -0.2) is 53.4 Å². The summed E-state index contributed by atoms with van der Waals surface area (Å²) in [5, 5.41) is 7.71. The van der Waals surface area contributed by atoms with Gasteiger partial charge in [-0.15, -0.1) is 11.3 Å². The Morgan fingerprint density at radius 3 is 2.62 bits per heavy atom. The highest BCUT2D eigenvalue weighted by atomic mass is 32.2. The number of carbonyl (C=O) groups excluding carboxylic acids is 1. The zero-order chi connectivity index (χ0) is 22.9. The third kappa shape index (κ3) is 4.72. The number of likely N-dealkylation sites (tertiary alicyclic amines) is 1. The number of carbonyl (C=O) groups is 1. The Morgan fingerprint density at radius 2 is 1.97 bits per heavy atom. The molecule has 3 aromatic rings. The maximum atomic E-state index is 13.1. The highest BCUT2D eigenvalue weighted by Crippen LogP contribution is 2.27. The van der Waals surface area contributed by atoms with Crippen molar-refractivity contribution in [1.29, 1.82) is 0 Å². The zero-order valence-electron chi connectivity index (χ0n) is 17.6. The number of fused-ring (bicyclic) bond motifs is 1. The van der Waals surface area contributed by atoms with Gasteiger partial charge in [-0.25, -0.2) is 23.5 Å². The molecule has 1 fully saturated rings. The monoisotopic (exact) mass is 476 g/mol. The van der Waals surface area contributed by atoms with Crippen molar-refractivity contribution in [1.82, 2.24) is 19.4 Å². The minimum atomic E-state index is -3.93. The largest absolute Gasteiger partial charge is 0.321 e. The molecule has 1 saturated heterocycles. The number of hydrogen-bond acceptors (Lipinski definition) is 8. The first kappa shape index (κ1) is 22.5. The molecule has 0 spiro atoms. The number of thiophene rings is 1. The Balaban J connectivity index is 1.56. The average molecular weight is 477 g/mol. The Bertz CT molecular complexity index is 1310. The molecule has 0 aromatic carbocycles. The molecule has 0 radical (unpaired) electrons. The molecule has 1 amide bonds. The lowest BCUT2D eigenvalue weighted by Gasteiger charge is -2.14. The van der Waals surface area contributed by atoms with Crippen molar-refractivity contribution in [3.05, 3.63) is 45.5 Å². The van der Waals surface area contributed by atoms with Crippen molar-refractivity contribution in [3.8, 4) is 0 Å². The van der Waals surface area contributed by atoms with Crippen LogP contribution >= 0.6 is 11.3 Å². The van der Waals surface area contributed by atoms with Gasteiger partial charge in [0.1, 0.15) is 4.83 Å². The van der Waals surface area contributed by atoms with Gasteiger partial charge < -0.3 is 10.2 Å². The van der Waals surface area contributed by atoms with Crippen molar-refractivity contribution in [2.24, 2.45) is 5.14 Å². The lowest BCUT2D eigenvalue weighted by Crippen LogP contribution is -2.26. The zero-order valence-corrected chi connectivity index (χ0v) is 19.2. The topological polar surface area (TPSA) is 140 Å². The Morgan fingerprint density at radius 1 is 1.22 bits per heavy atom. The van der Waals surface area contributed by atoms with Crippen LogP contribution in [-0.2, 0) is 16.6 Å². The third-order valence-corrected chi connectivity index (χ3v) is 7.28. The number of pyridine rings is 1. The van der Waals surface area contributed by atoms with E-state index in [9.17, 15) is 18.0 Å². The molecule has 0 aliphatic carbocycles. The van der Waals surface area contributed by atoms with Crippen LogP contribution < -0.4 is 16.0 Å². The lowest BCUT2D eigenvalue weighted by molar-refractivity contribution is 0.102. The minimum Gasteiger partial charge on any atom is -0.321 e. The first-order chi connectivity index (χ1) is 15.2. The standard InChI is InChI=1S/C20H24N6O4S2/c1-13-16(18(27)24-14-5-6-15(22-11-14)32(21,29)30)17-19(31-13)23-12-26(20(17)28)10-4-9-25-7-2-3-8-25/h5-6,11-12H,2-4,7-10H2,1H3,(H,24,27)(H2,21,29,30). The van der Waals surface area contributed by atoms with E-state index >= 15 is 0 Å². The molecular weight excluding hydrogens is 452 g/mol. The summed E-state index contributed by atoms with van der Waals surface area (Å²) >= 11 is 1.29. The summed E-state index contributed by atoms with van der Waals surface area (Å²) < 4.78 is 24.3. The van der Waals surface area contributed by atoms with Crippen LogP contribution in [0.1, 0.15) is 34.5 Å². The molecule has 0 saturated carbocycles. The van der Waals surface area contributed by atoms with Gasteiger partial charge in [0.15, 0.2) is 5.03 Å². The quantitative estimate of drug-likeness (QED) is 0.527. The third-order valence-electron chi connectivity index (χ3n) is 5.44. The Labute approximate surface area is 189 Å². The predicted octanol–water partition coefficient (Wildman–Crippen LogP) is 1.55. The van der Waals surface area contributed by atoms with Crippen molar-refractivity contribution in [2.75, 3.05) is 25.0 Å². The maximum Gasteiger partial charge on any atom is 0.262 e. The fourth-order valence-electron chi connectivity index (χ4n) is 3.86. The van der Waals surface area contributed by atoms with Crippen LogP contribution in [0.15, 0.2) is 34.5 Å². The smallest absolute Gasteiger partial charge is 0.262 e. The number of nitrogens with two attached hydrogens (primary N) is 1. The summed E-state index contributed by atoms with van der Waals surface area (Å²) in [6, 6.07) is 2.60. The maximum absolute atomic E-state index is 13.1. The molecule has 1 aliphatic heterocycles. The van der Waals surface area contributed by atoms with Crippen LogP contribution in [0.4, 0.5) is 5.69 Å². The van der Waals surface area contributed by atoms with E-state index in [1.54, 1.807) is 17.8 Å². The number of nitrogens with zero attached hydrogens (tertiary/aromatic N) is 4. The van der Waals surface area contributed by atoms with E-state index in [-0.39, 0.29) is 21.8 Å². The van der Waals surface area contributed by atoms with Gasteiger partial charge in [-0.1, -0.05) is 0 Å². The molecule has 1 aliphatic rings. The number of primary sulfonamides is 1. The van der Waals surface area contributed by atoms with Gasteiger partial charge in [0.25, 0.3) is 21.5 Å². The predicted molar refractivity (Wildman–Crippen MR) is 122 cm³/mol. The van der Waals surface area contributed by atoms with Crippen molar-refractivity contribution in [3.63, 3.8) is 0 Å². The molecule has 4 rings (SSSR count). The van der Waals surface area contributed by atoms with Gasteiger partial charge in [-0.05, 0) is 58.0 Å². The molecule has 0 unspecified atom stereocenters. The fourth-order valence-corrected chi connectivity index (χ4v) is 5.29. The van der Waals surface area contributed by atoms with E-state index in [2.05, 4.69) is 20.2 Å². The first-order valence-electron chi connectivity index (χ1n) is 10.2.